The smallest absolute Gasteiger partial charge is 0.256 e. The van der Waals surface area contributed by atoms with Gasteiger partial charge in [-0.25, -0.2) is 8.78 Å². The third kappa shape index (κ3) is 3.73. The molecule has 0 unspecified atom stereocenters. The molecule has 1 aliphatic rings. The van der Waals surface area contributed by atoms with Crippen molar-refractivity contribution < 1.29 is 23.4 Å². The highest BCUT2D eigenvalue weighted by Crippen LogP contribution is 2.34. The lowest BCUT2D eigenvalue weighted by molar-refractivity contribution is 0.0335. The predicted octanol–water partition coefficient (Wildman–Crippen LogP) is 3.38. The first kappa shape index (κ1) is 21.1. The first-order chi connectivity index (χ1) is 14.6. The maximum absolute atomic E-state index is 14.0. The van der Waals surface area contributed by atoms with Gasteiger partial charge in [0.25, 0.3) is 11.5 Å². The second-order valence-corrected chi connectivity index (χ2v) is 8.24. The Balaban J connectivity index is 1.77. The van der Waals surface area contributed by atoms with Crippen LogP contribution in [0.25, 0.3) is 10.8 Å². The fraction of sp³-hybridized carbons (Fsp3) is 0.304. The van der Waals surface area contributed by atoms with E-state index in [1.807, 2.05) is 0 Å². The molecule has 6 nitrogen and oxygen atoms in total. The Labute approximate surface area is 177 Å². The van der Waals surface area contributed by atoms with Gasteiger partial charge >= 0.3 is 0 Å². The van der Waals surface area contributed by atoms with Crippen molar-refractivity contribution in [1.82, 2.24) is 9.88 Å². The van der Waals surface area contributed by atoms with Crippen LogP contribution in [-0.4, -0.2) is 34.6 Å². The number of fused-ring (bicyclic) bond motifs is 3. The summed E-state index contributed by atoms with van der Waals surface area (Å²) in [5.41, 5.74) is 0.439. The summed E-state index contributed by atoms with van der Waals surface area (Å²) in [6, 6.07) is 7.85. The molecule has 2 heterocycles. The molecule has 0 saturated carbocycles. The minimum Gasteiger partial charge on any atom is -0.386 e. The van der Waals surface area contributed by atoms with Gasteiger partial charge in [-0.1, -0.05) is 12.1 Å². The summed E-state index contributed by atoms with van der Waals surface area (Å²) in [7, 11) is 1.59. The van der Waals surface area contributed by atoms with Crippen LogP contribution in [0.2, 0.25) is 0 Å². The first-order valence-electron chi connectivity index (χ1n) is 9.79. The van der Waals surface area contributed by atoms with Gasteiger partial charge in [0, 0.05) is 23.9 Å². The summed E-state index contributed by atoms with van der Waals surface area (Å²) in [4.78, 5) is 29.6. The average molecular weight is 428 g/mol. The average Bonchev–Trinajstić information content (AvgIpc) is 2.73. The number of H-pyrrole nitrogens is 1. The van der Waals surface area contributed by atoms with Crippen molar-refractivity contribution in [2.24, 2.45) is 0 Å². The standard InChI is InChI=1S/C23H22F2N2O4/c1-23(2,30)13-6-4-12(5-7-13)22(29)27(3)19-11-31-10-18-20(19)14-8-16(24)17(25)9-15(14)21(28)26-18/h4-9,19,30H,10-11H2,1-3H3,(H,26,28)/t19-/m1/s1. The molecule has 4 rings (SSSR count). The molecule has 1 atom stereocenters. The van der Waals surface area contributed by atoms with Crippen LogP contribution in [-0.2, 0) is 16.9 Å². The van der Waals surface area contributed by atoms with E-state index in [-0.39, 0.29) is 29.9 Å². The van der Waals surface area contributed by atoms with Crippen LogP contribution >= 0.6 is 0 Å². The molecule has 1 aromatic heterocycles. The van der Waals surface area contributed by atoms with Gasteiger partial charge in [0.05, 0.1) is 30.2 Å². The van der Waals surface area contributed by atoms with Crippen LogP contribution in [0.4, 0.5) is 8.78 Å². The van der Waals surface area contributed by atoms with Crippen LogP contribution in [0.5, 0.6) is 0 Å². The fourth-order valence-corrected chi connectivity index (χ4v) is 3.91. The largest absolute Gasteiger partial charge is 0.386 e. The third-order valence-electron chi connectivity index (χ3n) is 5.67. The fourth-order valence-electron chi connectivity index (χ4n) is 3.91. The number of rotatable bonds is 3. The summed E-state index contributed by atoms with van der Waals surface area (Å²) in [5, 5.41) is 10.4. The highest BCUT2D eigenvalue weighted by atomic mass is 19.2. The molecule has 0 aliphatic carbocycles. The number of nitrogens with one attached hydrogen (secondary N) is 1. The molecule has 0 radical (unpaired) electrons. The molecule has 3 aromatic rings. The molecule has 1 amide bonds. The first-order valence-corrected chi connectivity index (χ1v) is 9.79. The van der Waals surface area contributed by atoms with Crippen LogP contribution < -0.4 is 5.56 Å². The lowest BCUT2D eigenvalue weighted by Gasteiger charge is -2.34. The quantitative estimate of drug-likeness (QED) is 0.670. The van der Waals surface area contributed by atoms with Crippen molar-refractivity contribution in [3.63, 3.8) is 0 Å². The Bertz CT molecular complexity index is 1230. The summed E-state index contributed by atoms with van der Waals surface area (Å²) in [6.07, 6.45) is 0. The van der Waals surface area contributed by atoms with E-state index in [0.717, 1.165) is 12.1 Å². The highest BCUT2D eigenvalue weighted by molar-refractivity contribution is 5.95. The normalized spacial score (nSPS) is 16.3. The van der Waals surface area contributed by atoms with E-state index in [1.54, 1.807) is 45.2 Å². The minimum absolute atomic E-state index is 0.0138. The monoisotopic (exact) mass is 428 g/mol. The Hall–Kier alpha value is -3.10. The van der Waals surface area contributed by atoms with E-state index >= 15 is 0 Å². The number of nitrogens with zero attached hydrogens (tertiary/aromatic N) is 1. The molecule has 2 aromatic carbocycles. The Kier molecular flexibility index (Phi) is 5.15. The summed E-state index contributed by atoms with van der Waals surface area (Å²) in [5.74, 6) is -2.50. The van der Waals surface area contributed by atoms with Crippen LogP contribution in [0.3, 0.4) is 0 Å². The summed E-state index contributed by atoms with van der Waals surface area (Å²) in [6.45, 7) is 3.54. The zero-order valence-electron chi connectivity index (χ0n) is 17.3. The molecule has 2 N–H and O–H groups in total. The Morgan fingerprint density at radius 1 is 1.16 bits per heavy atom. The molecule has 8 heteroatoms. The second-order valence-electron chi connectivity index (χ2n) is 8.24. The number of aromatic amines is 1. The van der Waals surface area contributed by atoms with Crippen LogP contribution in [0, 0.1) is 11.6 Å². The molecule has 31 heavy (non-hydrogen) atoms. The van der Waals surface area contributed by atoms with Gasteiger partial charge in [-0.3, -0.25) is 9.59 Å². The number of carbonyl (C=O) groups excluding carboxylic acids is 1. The second kappa shape index (κ2) is 7.55. The Morgan fingerprint density at radius 2 is 1.77 bits per heavy atom. The SMILES string of the molecule is CN(C(=O)c1ccc(C(C)(C)O)cc1)[C@@H]1COCc2[nH]c(=O)c3cc(F)c(F)cc3c21. The van der Waals surface area contributed by atoms with Crippen molar-refractivity contribution >= 4 is 16.7 Å². The van der Waals surface area contributed by atoms with E-state index in [2.05, 4.69) is 4.98 Å². The van der Waals surface area contributed by atoms with Crippen molar-refractivity contribution in [3.8, 4) is 0 Å². The summed E-state index contributed by atoms with van der Waals surface area (Å²) >= 11 is 0. The van der Waals surface area contributed by atoms with Gasteiger partial charge in [0.2, 0.25) is 0 Å². The number of pyridine rings is 1. The van der Waals surface area contributed by atoms with Crippen molar-refractivity contribution in [3.05, 3.63) is 80.8 Å². The Morgan fingerprint density at radius 3 is 2.39 bits per heavy atom. The molecule has 0 bridgehead atoms. The molecule has 0 saturated heterocycles. The number of benzene rings is 2. The maximum Gasteiger partial charge on any atom is 0.256 e. The lowest BCUT2D eigenvalue weighted by atomic mass is 9.94. The zero-order valence-corrected chi connectivity index (χ0v) is 17.3. The predicted molar refractivity (Wildman–Crippen MR) is 111 cm³/mol. The number of halogens is 2. The molecular weight excluding hydrogens is 406 g/mol. The molecule has 0 spiro atoms. The van der Waals surface area contributed by atoms with Crippen molar-refractivity contribution in [1.29, 1.82) is 0 Å². The third-order valence-corrected chi connectivity index (χ3v) is 5.67. The number of aliphatic hydroxyl groups is 1. The number of aromatic nitrogens is 1. The molecule has 162 valence electrons. The summed E-state index contributed by atoms with van der Waals surface area (Å²) < 4.78 is 33.3. The number of amides is 1. The van der Waals surface area contributed by atoms with E-state index in [1.165, 1.54) is 4.90 Å². The van der Waals surface area contributed by atoms with Gasteiger partial charge < -0.3 is 19.7 Å². The van der Waals surface area contributed by atoms with E-state index in [4.69, 9.17) is 4.74 Å². The van der Waals surface area contributed by atoms with E-state index < -0.39 is 28.8 Å². The van der Waals surface area contributed by atoms with Crippen LogP contribution in [0.15, 0.2) is 41.2 Å². The van der Waals surface area contributed by atoms with E-state index in [9.17, 15) is 23.5 Å². The highest BCUT2D eigenvalue weighted by Gasteiger charge is 2.31. The topological polar surface area (TPSA) is 82.6 Å². The van der Waals surface area contributed by atoms with Crippen LogP contribution in [0.1, 0.15) is 47.1 Å². The molecule has 0 fully saturated rings. The minimum atomic E-state index is -1.11. The number of hydrogen-bond donors (Lipinski definition) is 2. The molecular formula is C23H22F2N2O4. The number of ether oxygens (including phenoxy) is 1. The van der Waals surface area contributed by atoms with Gasteiger partial charge in [-0.05, 0) is 49.1 Å². The van der Waals surface area contributed by atoms with Gasteiger partial charge in [0.1, 0.15) is 0 Å². The van der Waals surface area contributed by atoms with Crippen molar-refractivity contribution in [2.45, 2.75) is 32.1 Å². The van der Waals surface area contributed by atoms with Gasteiger partial charge in [0.15, 0.2) is 11.6 Å². The van der Waals surface area contributed by atoms with Gasteiger partial charge in [-0.15, -0.1) is 0 Å². The number of likely N-dealkylation sites (N-methyl/N-ethyl adjacent to an activating group) is 1. The number of hydrogen-bond acceptors (Lipinski definition) is 4. The van der Waals surface area contributed by atoms with Gasteiger partial charge in [-0.2, -0.15) is 0 Å². The van der Waals surface area contributed by atoms with E-state index in [0.29, 0.717) is 22.4 Å². The van der Waals surface area contributed by atoms with Crippen molar-refractivity contribution in [2.75, 3.05) is 13.7 Å². The maximum atomic E-state index is 14.0. The zero-order chi connectivity index (χ0) is 22.5. The lowest BCUT2D eigenvalue weighted by Crippen LogP contribution is -2.37. The molecule has 1 aliphatic heterocycles. The number of carbonyl (C=O) groups is 1.